The second kappa shape index (κ2) is 12.1. The van der Waals surface area contributed by atoms with Gasteiger partial charge in [0, 0.05) is 29.1 Å². The van der Waals surface area contributed by atoms with E-state index in [-0.39, 0.29) is 12.4 Å². The number of carbonyl (C=O) groups is 2. The lowest BCUT2D eigenvalue weighted by molar-refractivity contribution is 0.111. The molecule has 2 aromatic carbocycles. The van der Waals surface area contributed by atoms with Gasteiger partial charge in [-0.3, -0.25) is 13.9 Å². The van der Waals surface area contributed by atoms with Gasteiger partial charge in [0.2, 0.25) is 5.88 Å². The molecule has 0 saturated heterocycles. The minimum absolute atomic E-state index is 0.0667. The summed E-state index contributed by atoms with van der Waals surface area (Å²) in [6, 6.07) is 19.2. The Morgan fingerprint density at radius 1 is 1.12 bits per heavy atom. The maximum Gasteiger partial charge on any atom is 0.354 e. The second-order valence-electron chi connectivity index (χ2n) is 9.62. The lowest BCUT2D eigenvalue weighted by atomic mass is 10.0. The Labute approximate surface area is 238 Å². The Hall–Kier alpha value is -3.96. The molecule has 0 atom stereocenters. The average molecular weight is 581 g/mol. The van der Waals surface area contributed by atoms with Crippen molar-refractivity contribution in [2.75, 3.05) is 18.0 Å². The molecule has 0 saturated carbocycles. The first-order chi connectivity index (χ1) is 19.1. The van der Waals surface area contributed by atoms with Gasteiger partial charge in [-0.25, -0.2) is 0 Å². The predicted molar refractivity (Wildman–Crippen MR) is 159 cm³/mol. The fraction of sp³-hybridized carbons (Fsp3) is 0.276. The Morgan fingerprint density at radius 3 is 2.35 bits per heavy atom. The lowest BCUT2D eigenvalue weighted by Gasteiger charge is -2.20. The van der Waals surface area contributed by atoms with Crippen LogP contribution in [0.5, 0.6) is 5.88 Å². The third-order valence-corrected chi connectivity index (χ3v) is 9.17. The number of imidazole rings is 1. The minimum atomic E-state index is -4.35. The van der Waals surface area contributed by atoms with Crippen LogP contribution in [0.3, 0.4) is 0 Å². The van der Waals surface area contributed by atoms with Gasteiger partial charge in [0.05, 0.1) is 7.11 Å². The highest BCUT2D eigenvalue weighted by atomic mass is 32.2. The van der Waals surface area contributed by atoms with E-state index < -0.39 is 15.3 Å². The third-order valence-electron chi connectivity index (χ3n) is 6.35. The summed E-state index contributed by atoms with van der Waals surface area (Å²) < 4.78 is 33.8. The molecule has 1 amide bonds. The fourth-order valence-electron chi connectivity index (χ4n) is 4.51. The van der Waals surface area contributed by atoms with E-state index in [2.05, 4.69) is 18.8 Å². The van der Waals surface area contributed by atoms with Gasteiger partial charge in [0.15, 0.2) is 6.29 Å². The largest absolute Gasteiger partial charge is 0.479 e. The number of rotatable bonds is 11. The highest BCUT2D eigenvalue weighted by molar-refractivity contribution is 8.07. The van der Waals surface area contributed by atoms with Gasteiger partial charge in [0.25, 0.3) is 0 Å². The number of anilines is 1. The summed E-state index contributed by atoms with van der Waals surface area (Å²) in [5, 5.41) is -0.927. The maximum absolute atomic E-state index is 12.8. The average Bonchev–Trinajstić information content (AvgIpc) is 3.50. The molecule has 0 aliphatic carbocycles. The van der Waals surface area contributed by atoms with Crippen LogP contribution < -0.4 is 14.8 Å². The van der Waals surface area contributed by atoms with Crippen LogP contribution in [0.1, 0.15) is 41.7 Å². The number of primary amides is 1. The maximum atomic E-state index is 12.8. The van der Waals surface area contributed by atoms with Gasteiger partial charge in [-0.05, 0) is 36.5 Å². The number of hydrogen-bond donors (Lipinski definition) is 1. The van der Waals surface area contributed by atoms with Crippen molar-refractivity contribution < 1.29 is 22.7 Å². The topological polar surface area (TPSA) is 125 Å². The van der Waals surface area contributed by atoms with Crippen molar-refractivity contribution in [1.82, 2.24) is 9.55 Å². The smallest absolute Gasteiger partial charge is 0.354 e. The SMILES string of the molecule is CCN(c1sc(CC(C)C)cc1-c1ccc(Cn2c(-c3ccccc3)nc(OC)c2C=O)cc1)S(=O)(=O)C(N)=O. The van der Waals surface area contributed by atoms with Crippen molar-refractivity contribution in [3.8, 4) is 28.4 Å². The Morgan fingerprint density at radius 2 is 1.80 bits per heavy atom. The van der Waals surface area contributed by atoms with Crippen molar-refractivity contribution in [2.45, 2.75) is 33.7 Å². The van der Waals surface area contributed by atoms with Crippen molar-refractivity contribution in [1.29, 1.82) is 0 Å². The van der Waals surface area contributed by atoms with E-state index >= 15 is 0 Å². The number of carbonyl (C=O) groups excluding carboxylic acids is 2. The van der Waals surface area contributed by atoms with Gasteiger partial charge in [-0.15, -0.1) is 11.3 Å². The van der Waals surface area contributed by atoms with Crippen LogP contribution in [0.15, 0.2) is 60.7 Å². The summed E-state index contributed by atoms with van der Waals surface area (Å²) in [5.74, 6) is 1.22. The van der Waals surface area contributed by atoms with Gasteiger partial charge < -0.3 is 15.0 Å². The van der Waals surface area contributed by atoms with Crippen LogP contribution in [0.25, 0.3) is 22.5 Å². The molecule has 0 fully saturated rings. The molecule has 2 heterocycles. The molecule has 0 aliphatic heterocycles. The standard InChI is InChI=1S/C29H32N4O5S2/c1-5-33(40(36,37)29(30)35)28-24(16-23(39-28)15-19(2)3)21-13-11-20(12-14-21)17-32-25(18-34)27(38-4)31-26(32)22-9-7-6-8-10-22/h6-14,16,18-19H,5,15,17H2,1-4H3,(H2,30,35). The van der Waals surface area contributed by atoms with E-state index in [9.17, 15) is 18.0 Å². The number of benzene rings is 2. The summed E-state index contributed by atoms with van der Waals surface area (Å²) in [7, 11) is -2.87. The number of methoxy groups -OCH3 is 1. The monoisotopic (exact) mass is 580 g/mol. The fourth-order valence-corrected chi connectivity index (χ4v) is 7.14. The van der Waals surface area contributed by atoms with Crippen molar-refractivity contribution in [3.63, 3.8) is 0 Å². The zero-order valence-corrected chi connectivity index (χ0v) is 24.5. The minimum Gasteiger partial charge on any atom is -0.479 e. The highest BCUT2D eigenvalue weighted by Gasteiger charge is 2.31. The van der Waals surface area contributed by atoms with Crippen LogP contribution >= 0.6 is 11.3 Å². The second-order valence-corrected chi connectivity index (χ2v) is 12.5. The summed E-state index contributed by atoms with van der Waals surface area (Å²) in [6.07, 6.45) is 1.50. The number of aromatic nitrogens is 2. The number of aldehydes is 1. The van der Waals surface area contributed by atoms with Crippen LogP contribution in [-0.4, -0.2) is 43.1 Å². The van der Waals surface area contributed by atoms with Crippen LogP contribution in [-0.2, 0) is 23.0 Å². The first-order valence-electron chi connectivity index (χ1n) is 12.8. The van der Waals surface area contributed by atoms with E-state index in [0.717, 1.165) is 38.6 Å². The first-order valence-corrected chi connectivity index (χ1v) is 15.1. The number of nitrogens with two attached hydrogens (primary N) is 1. The number of nitrogens with zero attached hydrogens (tertiary/aromatic N) is 3. The molecule has 0 radical (unpaired) electrons. The van der Waals surface area contributed by atoms with Gasteiger partial charge in [0.1, 0.15) is 16.5 Å². The van der Waals surface area contributed by atoms with E-state index in [0.29, 0.717) is 34.5 Å². The molecule has 2 aromatic heterocycles. The van der Waals surface area contributed by atoms with E-state index in [1.807, 2.05) is 65.2 Å². The van der Waals surface area contributed by atoms with Gasteiger partial charge in [-0.1, -0.05) is 68.4 Å². The molecule has 11 heteroatoms. The molecular formula is C29H32N4O5S2. The van der Waals surface area contributed by atoms with E-state index in [1.165, 1.54) is 18.4 Å². The third kappa shape index (κ3) is 5.80. The predicted octanol–water partition coefficient (Wildman–Crippen LogP) is 5.58. The summed E-state index contributed by atoms with van der Waals surface area (Å²) in [6.45, 7) is 6.28. The Balaban J connectivity index is 1.75. The summed E-state index contributed by atoms with van der Waals surface area (Å²) in [5.41, 5.74) is 8.83. The number of amides is 1. The zero-order valence-electron chi connectivity index (χ0n) is 22.8. The van der Waals surface area contributed by atoms with Gasteiger partial charge in [-0.2, -0.15) is 13.4 Å². The molecule has 4 aromatic rings. The molecule has 2 N–H and O–H groups in total. The quantitative estimate of drug-likeness (QED) is 0.231. The Bertz CT molecular complexity index is 1610. The van der Waals surface area contributed by atoms with Crippen molar-refractivity contribution in [3.05, 3.63) is 76.8 Å². The summed E-state index contributed by atoms with van der Waals surface area (Å²) in [4.78, 5) is 29.4. The van der Waals surface area contributed by atoms with E-state index in [4.69, 9.17) is 10.5 Å². The normalized spacial score (nSPS) is 11.5. The molecule has 9 nitrogen and oxygen atoms in total. The van der Waals surface area contributed by atoms with Crippen molar-refractivity contribution in [2.24, 2.45) is 11.7 Å². The molecule has 0 unspecified atom stereocenters. The van der Waals surface area contributed by atoms with Crippen LogP contribution in [0.2, 0.25) is 0 Å². The molecule has 40 heavy (non-hydrogen) atoms. The number of sulfonamides is 1. The molecule has 0 bridgehead atoms. The van der Waals surface area contributed by atoms with Crippen LogP contribution in [0, 0.1) is 5.92 Å². The number of hydrogen-bond acceptors (Lipinski definition) is 7. The van der Waals surface area contributed by atoms with Gasteiger partial charge >= 0.3 is 15.3 Å². The molecule has 0 aliphatic rings. The van der Waals surface area contributed by atoms with E-state index in [1.54, 1.807) is 6.92 Å². The summed E-state index contributed by atoms with van der Waals surface area (Å²) >= 11 is 1.35. The zero-order chi connectivity index (χ0) is 29.0. The number of thiophene rings is 1. The lowest BCUT2D eigenvalue weighted by Crippen LogP contribution is -2.38. The molecule has 4 rings (SSSR count). The van der Waals surface area contributed by atoms with Crippen LogP contribution in [0.4, 0.5) is 9.80 Å². The molecule has 210 valence electrons. The van der Waals surface area contributed by atoms with Crippen molar-refractivity contribution >= 4 is 37.9 Å². The first kappa shape index (κ1) is 29.0. The Kier molecular flexibility index (Phi) is 8.75. The molecular weight excluding hydrogens is 548 g/mol. The molecule has 0 spiro atoms. The number of ether oxygens (including phenoxy) is 1. The highest BCUT2D eigenvalue weighted by Crippen LogP contribution is 2.41.